The third-order valence-corrected chi connectivity index (χ3v) is 6.80. The van der Waals surface area contributed by atoms with Crippen molar-refractivity contribution in [3.63, 3.8) is 0 Å². The average Bonchev–Trinajstić information content (AvgIpc) is 2.76. The van der Waals surface area contributed by atoms with Crippen molar-refractivity contribution in [3.05, 3.63) is 77.4 Å². The number of pyridine rings is 1. The van der Waals surface area contributed by atoms with Crippen molar-refractivity contribution < 1.29 is 13.2 Å². The number of aromatic nitrogens is 3. The van der Waals surface area contributed by atoms with E-state index < -0.39 is 10.0 Å². The van der Waals surface area contributed by atoms with Gasteiger partial charge in [0.1, 0.15) is 17.8 Å². The van der Waals surface area contributed by atoms with Crippen LogP contribution < -0.4 is 9.04 Å². The molecule has 2 heterocycles. The van der Waals surface area contributed by atoms with Crippen molar-refractivity contribution in [1.82, 2.24) is 15.0 Å². The second-order valence-electron chi connectivity index (χ2n) is 6.16. The van der Waals surface area contributed by atoms with E-state index in [0.717, 1.165) is 15.1 Å². The van der Waals surface area contributed by atoms with Crippen LogP contribution in [0.25, 0.3) is 10.8 Å². The maximum atomic E-state index is 13.8. The number of fused-ring (bicyclic) bond motifs is 1. The van der Waals surface area contributed by atoms with Gasteiger partial charge in [-0.05, 0) is 29.7 Å². The standard InChI is InChI=1S/C20H14Cl2N4O3S/c1-29-19-10-17(22)16(21)9-18(19)26(20-5-7-24-12-25-20)30(27,28)15-3-2-14-11-23-6-4-13(14)8-15/h2-12H,1H3. The van der Waals surface area contributed by atoms with Gasteiger partial charge in [-0.3, -0.25) is 4.98 Å². The van der Waals surface area contributed by atoms with E-state index in [2.05, 4.69) is 15.0 Å². The zero-order valence-electron chi connectivity index (χ0n) is 15.5. The van der Waals surface area contributed by atoms with Crippen LogP contribution in [0, 0.1) is 0 Å². The van der Waals surface area contributed by atoms with Crippen molar-refractivity contribution in [2.75, 3.05) is 11.4 Å². The van der Waals surface area contributed by atoms with E-state index >= 15 is 0 Å². The molecule has 0 radical (unpaired) electrons. The molecule has 0 aliphatic carbocycles. The smallest absolute Gasteiger partial charge is 0.270 e. The average molecular weight is 461 g/mol. The topological polar surface area (TPSA) is 85.3 Å². The number of nitrogens with zero attached hydrogens (tertiary/aromatic N) is 4. The van der Waals surface area contributed by atoms with Crippen molar-refractivity contribution in [3.8, 4) is 5.75 Å². The summed E-state index contributed by atoms with van der Waals surface area (Å²) < 4.78 is 34.0. The summed E-state index contributed by atoms with van der Waals surface area (Å²) in [6.07, 6.45) is 5.97. The molecule has 0 saturated heterocycles. The van der Waals surface area contributed by atoms with E-state index in [4.69, 9.17) is 27.9 Å². The molecule has 152 valence electrons. The van der Waals surface area contributed by atoms with Crippen LogP contribution in [-0.4, -0.2) is 30.5 Å². The Morgan fingerprint density at radius 3 is 2.43 bits per heavy atom. The summed E-state index contributed by atoms with van der Waals surface area (Å²) in [6.45, 7) is 0. The number of sulfonamides is 1. The molecule has 0 fully saturated rings. The quantitative estimate of drug-likeness (QED) is 0.422. The van der Waals surface area contributed by atoms with Gasteiger partial charge in [0.25, 0.3) is 10.0 Å². The van der Waals surface area contributed by atoms with Crippen LogP contribution in [0.2, 0.25) is 10.0 Å². The Morgan fingerprint density at radius 1 is 0.933 bits per heavy atom. The van der Waals surface area contributed by atoms with E-state index in [1.165, 1.54) is 43.9 Å². The van der Waals surface area contributed by atoms with Crippen LogP contribution in [0.15, 0.2) is 72.3 Å². The largest absolute Gasteiger partial charge is 0.494 e. The van der Waals surface area contributed by atoms with Crippen LogP contribution in [0.5, 0.6) is 5.75 Å². The van der Waals surface area contributed by atoms with Crippen molar-refractivity contribution >= 4 is 55.5 Å². The Bertz CT molecular complexity index is 1330. The molecule has 10 heteroatoms. The summed E-state index contributed by atoms with van der Waals surface area (Å²) in [5, 5.41) is 1.95. The minimum Gasteiger partial charge on any atom is -0.494 e. The Morgan fingerprint density at radius 2 is 1.70 bits per heavy atom. The van der Waals surface area contributed by atoms with Crippen molar-refractivity contribution in [2.24, 2.45) is 0 Å². The molecule has 0 spiro atoms. The molecule has 2 aromatic carbocycles. The lowest BCUT2D eigenvalue weighted by Gasteiger charge is -2.25. The SMILES string of the molecule is COc1cc(Cl)c(Cl)cc1N(c1ccncn1)S(=O)(=O)c1ccc2cnccc2c1. The number of benzene rings is 2. The van der Waals surface area contributed by atoms with Gasteiger partial charge in [-0.1, -0.05) is 29.3 Å². The van der Waals surface area contributed by atoms with Gasteiger partial charge in [0.15, 0.2) is 5.82 Å². The second kappa shape index (κ2) is 8.06. The Labute approximate surface area is 182 Å². The zero-order valence-corrected chi connectivity index (χ0v) is 17.9. The van der Waals surface area contributed by atoms with Gasteiger partial charge in [0, 0.05) is 36.1 Å². The summed E-state index contributed by atoms with van der Waals surface area (Å²) in [7, 11) is -2.71. The predicted octanol–water partition coefficient (Wildman–Crippen LogP) is 4.87. The van der Waals surface area contributed by atoms with Crippen LogP contribution >= 0.6 is 23.2 Å². The highest BCUT2D eigenvalue weighted by Crippen LogP contribution is 2.42. The number of anilines is 2. The van der Waals surface area contributed by atoms with Crippen molar-refractivity contribution in [2.45, 2.75) is 4.90 Å². The number of hydrogen-bond acceptors (Lipinski definition) is 6. The third-order valence-electron chi connectivity index (χ3n) is 4.37. The molecule has 0 saturated carbocycles. The molecule has 0 aliphatic rings. The Hall–Kier alpha value is -2.94. The van der Waals surface area contributed by atoms with Gasteiger partial charge < -0.3 is 4.74 Å². The maximum Gasteiger partial charge on any atom is 0.270 e. The first-order valence-corrected chi connectivity index (χ1v) is 10.8. The van der Waals surface area contributed by atoms with Crippen LogP contribution in [0.4, 0.5) is 11.5 Å². The lowest BCUT2D eigenvalue weighted by Crippen LogP contribution is -2.27. The monoisotopic (exact) mass is 460 g/mol. The van der Waals surface area contributed by atoms with Gasteiger partial charge in [-0.15, -0.1) is 0 Å². The molecule has 4 aromatic rings. The molecular formula is C20H14Cl2N4O3S. The molecule has 0 N–H and O–H groups in total. The van der Waals surface area contributed by atoms with Crippen molar-refractivity contribution in [1.29, 1.82) is 0 Å². The minimum atomic E-state index is -4.12. The van der Waals surface area contributed by atoms with E-state index in [9.17, 15) is 8.42 Å². The fourth-order valence-corrected chi connectivity index (χ4v) is 4.74. The summed E-state index contributed by atoms with van der Waals surface area (Å²) in [5.41, 5.74) is 0.167. The van der Waals surface area contributed by atoms with E-state index in [0.29, 0.717) is 0 Å². The van der Waals surface area contributed by atoms with Gasteiger partial charge in [-0.2, -0.15) is 0 Å². The molecule has 0 atom stereocenters. The first kappa shape index (κ1) is 20.3. The number of rotatable bonds is 5. The highest BCUT2D eigenvalue weighted by molar-refractivity contribution is 7.93. The zero-order chi connectivity index (χ0) is 21.3. The fraction of sp³-hybridized carbons (Fsp3) is 0.0500. The third kappa shape index (κ3) is 3.65. The molecule has 7 nitrogen and oxygen atoms in total. The normalized spacial score (nSPS) is 11.4. The van der Waals surface area contributed by atoms with Gasteiger partial charge in [-0.25, -0.2) is 22.7 Å². The molecule has 2 aromatic heterocycles. The van der Waals surface area contributed by atoms with Crippen LogP contribution in [0.1, 0.15) is 0 Å². The number of hydrogen-bond donors (Lipinski definition) is 0. The van der Waals surface area contributed by atoms with Gasteiger partial charge in [0.05, 0.1) is 22.1 Å². The first-order valence-electron chi connectivity index (χ1n) is 8.60. The highest BCUT2D eigenvalue weighted by Gasteiger charge is 2.31. The second-order valence-corrected chi connectivity index (χ2v) is 8.76. The lowest BCUT2D eigenvalue weighted by molar-refractivity contribution is 0.416. The van der Waals surface area contributed by atoms with E-state index in [-0.39, 0.29) is 32.2 Å². The van der Waals surface area contributed by atoms with E-state index in [1.807, 2.05) is 0 Å². The highest BCUT2D eigenvalue weighted by atomic mass is 35.5. The molecule has 0 aliphatic heterocycles. The first-order chi connectivity index (χ1) is 14.4. The van der Waals surface area contributed by atoms with Crippen LogP contribution in [0.3, 0.4) is 0 Å². The number of ether oxygens (including phenoxy) is 1. The van der Waals surface area contributed by atoms with Crippen LogP contribution in [-0.2, 0) is 10.0 Å². The summed E-state index contributed by atoms with van der Waals surface area (Å²) >= 11 is 12.3. The number of halogens is 2. The summed E-state index contributed by atoms with van der Waals surface area (Å²) in [5.74, 6) is 0.341. The molecule has 4 rings (SSSR count). The lowest BCUT2D eigenvalue weighted by atomic mass is 10.2. The molecule has 0 unspecified atom stereocenters. The minimum absolute atomic E-state index is 0.0629. The summed E-state index contributed by atoms with van der Waals surface area (Å²) in [4.78, 5) is 12.1. The molecule has 0 amide bonds. The molecule has 30 heavy (non-hydrogen) atoms. The predicted molar refractivity (Wildman–Crippen MR) is 116 cm³/mol. The Kier molecular flexibility index (Phi) is 5.46. The maximum absolute atomic E-state index is 13.8. The number of methoxy groups -OCH3 is 1. The Balaban J connectivity index is 1.97. The van der Waals surface area contributed by atoms with Gasteiger partial charge >= 0.3 is 0 Å². The molecular weight excluding hydrogens is 447 g/mol. The molecule has 0 bridgehead atoms. The van der Waals surface area contributed by atoms with Gasteiger partial charge in [0.2, 0.25) is 0 Å². The van der Waals surface area contributed by atoms with E-state index in [1.54, 1.807) is 30.6 Å². The fourth-order valence-electron chi connectivity index (χ4n) is 2.95. The summed E-state index contributed by atoms with van der Waals surface area (Å²) in [6, 6.07) is 10.9.